The molecule has 0 unspecified atom stereocenters. The van der Waals surface area contributed by atoms with Crippen molar-refractivity contribution in [3.05, 3.63) is 82.3 Å². The second-order valence-corrected chi connectivity index (χ2v) is 9.52. The van der Waals surface area contributed by atoms with Gasteiger partial charge in [-0.25, -0.2) is 4.79 Å². The van der Waals surface area contributed by atoms with Crippen LogP contribution in [0, 0.1) is 17.2 Å². The number of urea groups is 1. The van der Waals surface area contributed by atoms with Gasteiger partial charge in [0, 0.05) is 53.5 Å². The zero-order valence-corrected chi connectivity index (χ0v) is 19.1. The molecule has 2 aromatic carbocycles. The maximum Gasteiger partial charge on any atom is 0.321 e. The smallest absolute Gasteiger partial charge is 0.321 e. The lowest BCUT2D eigenvalue weighted by Crippen LogP contribution is -2.50. The average molecular weight is 457 g/mol. The van der Waals surface area contributed by atoms with Gasteiger partial charge in [0.2, 0.25) is 0 Å². The van der Waals surface area contributed by atoms with E-state index in [0.717, 1.165) is 23.2 Å². The number of rotatable bonds is 3. The number of carbonyl (C=O) groups is 1. The van der Waals surface area contributed by atoms with E-state index >= 15 is 0 Å². The lowest BCUT2D eigenvalue weighted by Gasteiger charge is -2.43. The van der Waals surface area contributed by atoms with Crippen LogP contribution in [-0.2, 0) is 6.54 Å². The fraction of sp³-hybridized carbons (Fsp3) is 0.269. The molecule has 33 heavy (non-hydrogen) atoms. The molecular formula is C26H24N4O2S. The highest BCUT2D eigenvalue weighted by atomic mass is 32.2. The molecule has 5 rings (SSSR count). The van der Waals surface area contributed by atoms with Crippen molar-refractivity contribution in [1.82, 2.24) is 9.47 Å². The summed E-state index contributed by atoms with van der Waals surface area (Å²) in [5.74, 6) is 0.331. The molecule has 6 nitrogen and oxygen atoms in total. The maximum atomic E-state index is 13.1. The van der Waals surface area contributed by atoms with Gasteiger partial charge < -0.3 is 14.8 Å². The molecule has 7 heteroatoms. The Balaban J connectivity index is 1.44. The van der Waals surface area contributed by atoms with Crippen LogP contribution >= 0.6 is 11.8 Å². The number of nitrogens with one attached hydrogen (secondary N) is 1. The molecule has 3 aromatic rings. The first-order valence-corrected chi connectivity index (χ1v) is 12.2. The summed E-state index contributed by atoms with van der Waals surface area (Å²) >= 11 is 1.70. The van der Waals surface area contributed by atoms with Crippen molar-refractivity contribution in [3.8, 4) is 17.2 Å². The van der Waals surface area contributed by atoms with Gasteiger partial charge in [-0.2, -0.15) is 5.26 Å². The molecule has 0 radical (unpaired) electrons. The second-order valence-electron chi connectivity index (χ2n) is 8.64. The van der Waals surface area contributed by atoms with Gasteiger partial charge in [0.1, 0.15) is 0 Å². The molecule has 3 heterocycles. The van der Waals surface area contributed by atoms with Gasteiger partial charge in [-0.05, 0) is 60.6 Å². The second kappa shape index (κ2) is 8.80. The lowest BCUT2D eigenvalue weighted by molar-refractivity contribution is 0.140. The van der Waals surface area contributed by atoms with Gasteiger partial charge >= 0.3 is 6.03 Å². The van der Waals surface area contributed by atoms with E-state index in [9.17, 15) is 9.59 Å². The monoisotopic (exact) mass is 456 g/mol. The molecule has 1 fully saturated rings. The summed E-state index contributed by atoms with van der Waals surface area (Å²) < 4.78 is 1.92. The van der Waals surface area contributed by atoms with E-state index < -0.39 is 0 Å². The molecule has 1 aromatic heterocycles. The minimum atomic E-state index is -0.169. The molecule has 166 valence electrons. The van der Waals surface area contributed by atoms with Gasteiger partial charge in [-0.15, -0.1) is 11.8 Å². The van der Waals surface area contributed by atoms with E-state index in [1.54, 1.807) is 42.1 Å². The van der Waals surface area contributed by atoms with Crippen LogP contribution in [0.25, 0.3) is 11.1 Å². The highest BCUT2D eigenvalue weighted by molar-refractivity contribution is 7.98. The number of piperidine rings is 1. The molecule has 0 aliphatic carbocycles. The number of carbonyl (C=O) groups excluding carboxylic acids is 1. The van der Waals surface area contributed by atoms with Crippen LogP contribution in [0.4, 0.5) is 10.5 Å². The Hall–Kier alpha value is -3.50. The maximum absolute atomic E-state index is 13.1. The molecule has 2 bridgehead atoms. The number of hydrogen-bond acceptors (Lipinski definition) is 4. The van der Waals surface area contributed by atoms with Crippen LogP contribution in [0.2, 0.25) is 0 Å². The zero-order chi connectivity index (χ0) is 22.9. The number of thioether (sulfide) groups is 1. The molecule has 2 aliphatic rings. The SMILES string of the molecule is CSc1ccc(-c2ccc(=O)n3c2[C@H]2C[C@@H](CN(C(=O)Nc4cccc(C#N)c4)C2)C3)cc1. The summed E-state index contributed by atoms with van der Waals surface area (Å²) in [6, 6.07) is 20.9. The van der Waals surface area contributed by atoms with Crippen LogP contribution in [0.5, 0.6) is 0 Å². The molecule has 0 spiro atoms. The van der Waals surface area contributed by atoms with Crippen molar-refractivity contribution in [2.24, 2.45) is 5.92 Å². The van der Waals surface area contributed by atoms with Gasteiger partial charge in [0.25, 0.3) is 5.56 Å². The summed E-state index contributed by atoms with van der Waals surface area (Å²) in [5.41, 5.74) is 4.32. The molecule has 1 N–H and O–H groups in total. The number of benzene rings is 2. The van der Waals surface area contributed by atoms with Crippen LogP contribution in [0.15, 0.2) is 70.4 Å². The topological polar surface area (TPSA) is 78.1 Å². The number of aromatic nitrogens is 1. The number of fused-ring (bicyclic) bond motifs is 4. The number of hydrogen-bond donors (Lipinski definition) is 1. The van der Waals surface area contributed by atoms with Crippen molar-refractivity contribution in [2.75, 3.05) is 24.7 Å². The minimum absolute atomic E-state index is 0.0235. The lowest BCUT2D eigenvalue weighted by atomic mass is 9.80. The molecular weight excluding hydrogens is 432 g/mol. The minimum Gasteiger partial charge on any atom is -0.324 e. The Bertz CT molecular complexity index is 1310. The summed E-state index contributed by atoms with van der Waals surface area (Å²) in [4.78, 5) is 28.8. The summed E-state index contributed by atoms with van der Waals surface area (Å²) in [5, 5.41) is 12.1. The average Bonchev–Trinajstić information content (AvgIpc) is 2.84. The van der Waals surface area contributed by atoms with Crippen LogP contribution in [0.3, 0.4) is 0 Å². The highest BCUT2D eigenvalue weighted by Gasteiger charge is 2.37. The van der Waals surface area contributed by atoms with Crippen LogP contribution in [-0.4, -0.2) is 34.8 Å². The highest BCUT2D eigenvalue weighted by Crippen LogP contribution is 2.40. The van der Waals surface area contributed by atoms with Gasteiger partial charge in [0.05, 0.1) is 11.6 Å². The molecule has 2 amide bonds. The van der Waals surface area contributed by atoms with Gasteiger partial charge in [0.15, 0.2) is 0 Å². The third-order valence-corrected chi connectivity index (χ3v) is 7.26. The Morgan fingerprint density at radius 2 is 1.91 bits per heavy atom. The first kappa shape index (κ1) is 21.4. The van der Waals surface area contributed by atoms with Gasteiger partial charge in [-0.1, -0.05) is 18.2 Å². The van der Waals surface area contributed by atoms with Crippen LogP contribution in [0.1, 0.15) is 23.6 Å². The van der Waals surface area contributed by atoms with Gasteiger partial charge in [-0.3, -0.25) is 4.79 Å². The van der Waals surface area contributed by atoms with E-state index in [1.165, 1.54) is 4.90 Å². The van der Waals surface area contributed by atoms with E-state index in [2.05, 4.69) is 41.9 Å². The number of pyridine rings is 1. The van der Waals surface area contributed by atoms with E-state index in [1.807, 2.05) is 15.5 Å². The first-order chi connectivity index (χ1) is 16.1. The van der Waals surface area contributed by atoms with Crippen LogP contribution < -0.4 is 10.9 Å². The third-order valence-electron chi connectivity index (χ3n) is 6.52. The number of likely N-dealkylation sites (tertiary alicyclic amines) is 1. The van der Waals surface area contributed by atoms with E-state index in [0.29, 0.717) is 30.9 Å². The van der Waals surface area contributed by atoms with Crippen molar-refractivity contribution < 1.29 is 4.79 Å². The Morgan fingerprint density at radius 3 is 2.67 bits per heavy atom. The third kappa shape index (κ3) is 4.14. The standard InChI is InChI=1S/C26H24N4O2S/c1-33-22-7-5-19(6-8-22)23-9-10-24(31)30-15-18-11-20(25(23)30)16-29(14-18)26(32)28-21-4-2-3-17(12-21)13-27/h2-10,12,18,20H,11,14-16H2,1H3,(H,28,32)/t18-,20-/m0/s1. The summed E-state index contributed by atoms with van der Waals surface area (Å²) in [6.45, 7) is 1.79. The number of anilines is 1. The predicted molar refractivity (Wildman–Crippen MR) is 131 cm³/mol. The number of amides is 2. The van der Waals surface area contributed by atoms with Crippen molar-refractivity contribution in [2.45, 2.75) is 23.8 Å². The molecule has 2 aliphatic heterocycles. The Morgan fingerprint density at radius 1 is 1.09 bits per heavy atom. The molecule has 0 saturated carbocycles. The predicted octanol–water partition coefficient (Wildman–Crippen LogP) is 4.76. The number of nitrogens with zero attached hydrogens (tertiary/aromatic N) is 3. The molecule has 2 atom stereocenters. The zero-order valence-electron chi connectivity index (χ0n) is 18.3. The molecule has 1 saturated heterocycles. The summed E-state index contributed by atoms with van der Waals surface area (Å²) in [7, 11) is 0. The first-order valence-electron chi connectivity index (χ1n) is 11.0. The van der Waals surface area contributed by atoms with Crippen molar-refractivity contribution in [3.63, 3.8) is 0 Å². The van der Waals surface area contributed by atoms with Crippen molar-refractivity contribution >= 4 is 23.5 Å². The fourth-order valence-corrected chi connectivity index (χ4v) is 5.47. The largest absolute Gasteiger partial charge is 0.324 e. The van der Waals surface area contributed by atoms with E-state index in [-0.39, 0.29) is 23.4 Å². The normalized spacial score (nSPS) is 18.8. The Kier molecular flexibility index (Phi) is 5.69. The summed E-state index contributed by atoms with van der Waals surface area (Å²) in [6.07, 6.45) is 3.02. The number of nitriles is 1. The Labute approximate surface area is 196 Å². The fourth-order valence-electron chi connectivity index (χ4n) is 5.06. The quantitative estimate of drug-likeness (QED) is 0.577. The van der Waals surface area contributed by atoms with Crippen molar-refractivity contribution in [1.29, 1.82) is 5.26 Å². The van der Waals surface area contributed by atoms with E-state index in [4.69, 9.17) is 5.26 Å².